The number of rotatable bonds is 3. The van der Waals surface area contributed by atoms with Gasteiger partial charge in [0.1, 0.15) is 5.82 Å². The molecule has 0 saturated heterocycles. The predicted molar refractivity (Wildman–Crippen MR) is 83.8 cm³/mol. The van der Waals surface area contributed by atoms with Gasteiger partial charge in [-0.3, -0.25) is 0 Å². The molecule has 5 heteroatoms. The van der Waals surface area contributed by atoms with Gasteiger partial charge in [0.2, 0.25) is 0 Å². The summed E-state index contributed by atoms with van der Waals surface area (Å²) in [6, 6.07) is 10.0. The monoisotopic (exact) mass is 376 g/mol. The Labute approximate surface area is 135 Å². The van der Waals surface area contributed by atoms with Crippen LogP contribution in [0.4, 0.5) is 4.39 Å². The normalized spacial score (nSPS) is 14.1. The summed E-state index contributed by atoms with van der Waals surface area (Å²) in [6.07, 6.45) is 0.313. The van der Waals surface area contributed by atoms with E-state index in [1.807, 2.05) is 24.3 Å². The summed E-state index contributed by atoms with van der Waals surface area (Å²) in [6.45, 7) is 1.60. The van der Waals surface area contributed by atoms with Crippen LogP contribution in [-0.2, 0) is 12.0 Å². The lowest BCUT2D eigenvalue weighted by atomic mass is 9.89. The van der Waals surface area contributed by atoms with Gasteiger partial charge in [-0.15, -0.1) is 0 Å². The van der Waals surface area contributed by atoms with E-state index in [0.717, 1.165) is 10.0 Å². The third kappa shape index (κ3) is 3.53. The lowest BCUT2D eigenvalue weighted by Crippen LogP contribution is -2.25. The van der Waals surface area contributed by atoms with Crippen LogP contribution in [0.3, 0.4) is 0 Å². The fraction of sp³-hybridized carbons (Fsp3) is 0.200. The van der Waals surface area contributed by atoms with E-state index in [-0.39, 0.29) is 10.0 Å². The first-order valence-corrected chi connectivity index (χ1v) is 7.46. The van der Waals surface area contributed by atoms with E-state index < -0.39 is 11.4 Å². The molecule has 1 N–H and O–H groups in total. The quantitative estimate of drug-likeness (QED) is 0.715. The van der Waals surface area contributed by atoms with Gasteiger partial charge >= 0.3 is 0 Å². The van der Waals surface area contributed by atoms with E-state index in [0.29, 0.717) is 12.0 Å². The second-order valence-electron chi connectivity index (χ2n) is 4.83. The molecule has 0 heterocycles. The van der Waals surface area contributed by atoms with E-state index in [1.165, 1.54) is 12.1 Å². The molecule has 2 aromatic rings. The first-order valence-electron chi connectivity index (χ1n) is 5.91. The third-order valence-corrected chi connectivity index (χ3v) is 4.12. The average Bonchev–Trinajstić information content (AvgIpc) is 2.33. The molecule has 0 bridgehead atoms. The van der Waals surface area contributed by atoms with Crippen molar-refractivity contribution in [3.63, 3.8) is 0 Å². The predicted octanol–water partition coefficient (Wildman–Crippen LogP) is 5.35. The minimum atomic E-state index is -1.29. The second kappa shape index (κ2) is 6.02. The van der Waals surface area contributed by atoms with Crippen molar-refractivity contribution in [2.45, 2.75) is 18.9 Å². The topological polar surface area (TPSA) is 20.2 Å². The number of halogens is 4. The van der Waals surface area contributed by atoms with Crippen LogP contribution in [0.15, 0.2) is 40.9 Å². The molecule has 0 aliphatic heterocycles. The Morgan fingerprint density at radius 3 is 2.55 bits per heavy atom. The second-order valence-corrected chi connectivity index (χ2v) is 6.56. The smallest absolute Gasteiger partial charge is 0.142 e. The van der Waals surface area contributed by atoms with Crippen LogP contribution in [-0.4, -0.2) is 5.11 Å². The molecule has 1 atom stereocenters. The Hall–Kier alpha value is -0.610. The highest BCUT2D eigenvalue weighted by atomic mass is 79.9. The zero-order chi connectivity index (χ0) is 14.9. The molecule has 0 amide bonds. The van der Waals surface area contributed by atoms with E-state index in [1.54, 1.807) is 6.92 Å². The lowest BCUT2D eigenvalue weighted by Gasteiger charge is -2.25. The number of benzene rings is 2. The molecule has 1 nitrogen and oxygen atoms in total. The highest BCUT2D eigenvalue weighted by Gasteiger charge is 2.27. The Morgan fingerprint density at radius 1 is 1.20 bits per heavy atom. The van der Waals surface area contributed by atoms with Crippen molar-refractivity contribution >= 4 is 39.1 Å². The van der Waals surface area contributed by atoms with Crippen molar-refractivity contribution in [3.8, 4) is 0 Å². The lowest BCUT2D eigenvalue weighted by molar-refractivity contribution is 0.0574. The average molecular weight is 378 g/mol. The van der Waals surface area contributed by atoms with Crippen LogP contribution >= 0.6 is 39.1 Å². The van der Waals surface area contributed by atoms with Crippen molar-refractivity contribution in [2.24, 2.45) is 0 Å². The number of aliphatic hydroxyl groups is 1. The molecule has 2 rings (SSSR count). The Balaban J connectivity index is 2.37. The van der Waals surface area contributed by atoms with Gasteiger partial charge < -0.3 is 5.11 Å². The fourth-order valence-electron chi connectivity index (χ4n) is 2.07. The van der Waals surface area contributed by atoms with Gasteiger partial charge in [0, 0.05) is 21.5 Å². The van der Waals surface area contributed by atoms with Crippen LogP contribution < -0.4 is 0 Å². The summed E-state index contributed by atoms with van der Waals surface area (Å²) in [7, 11) is 0. The van der Waals surface area contributed by atoms with Gasteiger partial charge in [0.05, 0.1) is 10.6 Å². The third-order valence-electron chi connectivity index (χ3n) is 3.03. The van der Waals surface area contributed by atoms with Crippen molar-refractivity contribution < 1.29 is 9.50 Å². The molecule has 0 aliphatic rings. The minimum absolute atomic E-state index is 0.0583. The molecule has 0 radical (unpaired) electrons. The van der Waals surface area contributed by atoms with Crippen molar-refractivity contribution in [3.05, 3.63) is 67.9 Å². The van der Waals surface area contributed by atoms with Gasteiger partial charge in [0.15, 0.2) is 0 Å². The molecule has 2 aromatic carbocycles. The van der Waals surface area contributed by atoms with Crippen LogP contribution in [0.2, 0.25) is 10.0 Å². The summed E-state index contributed by atoms with van der Waals surface area (Å²) >= 11 is 15.1. The van der Waals surface area contributed by atoms with Crippen molar-refractivity contribution in [2.75, 3.05) is 0 Å². The first kappa shape index (κ1) is 15.8. The van der Waals surface area contributed by atoms with E-state index >= 15 is 0 Å². The molecule has 20 heavy (non-hydrogen) atoms. The zero-order valence-electron chi connectivity index (χ0n) is 10.6. The highest BCUT2D eigenvalue weighted by Crippen LogP contribution is 2.34. The maximum Gasteiger partial charge on any atom is 0.142 e. The Morgan fingerprint density at radius 2 is 1.90 bits per heavy atom. The zero-order valence-corrected chi connectivity index (χ0v) is 13.7. The van der Waals surface area contributed by atoms with Crippen molar-refractivity contribution in [1.29, 1.82) is 0 Å². The molecule has 0 fully saturated rings. The Bertz CT molecular complexity index is 644. The SMILES string of the molecule is CC(O)(Cc1cccc(Br)c1)c1cc(F)c(Cl)cc1Cl. The minimum Gasteiger partial charge on any atom is -0.385 e. The molecule has 0 aromatic heterocycles. The summed E-state index contributed by atoms with van der Waals surface area (Å²) in [5.74, 6) is -0.597. The van der Waals surface area contributed by atoms with E-state index in [4.69, 9.17) is 23.2 Å². The number of hydrogen-bond acceptors (Lipinski definition) is 1. The van der Waals surface area contributed by atoms with Gasteiger partial charge in [-0.25, -0.2) is 4.39 Å². The summed E-state index contributed by atoms with van der Waals surface area (Å²) in [4.78, 5) is 0. The molecular weight excluding hydrogens is 366 g/mol. The van der Waals surface area contributed by atoms with Crippen molar-refractivity contribution in [1.82, 2.24) is 0 Å². The summed E-state index contributed by atoms with van der Waals surface area (Å²) < 4.78 is 14.5. The van der Waals surface area contributed by atoms with Crippen LogP contribution in [0, 0.1) is 5.82 Å². The maximum absolute atomic E-state index is 13.6. The van der Waals surface area contributed by atoms with Crippen LogP contribution in [0.1, 0.15) is 18.1 Å². The number of hydrogen-bond donors (Lipinski definition) is 1. The largest absolute Gasteiger partial charge is 0.385 e. The maximum atomic E-state index is 13.6. The van der Waals surface area contributed by atoms with Gasteiger partial charge in [-0.1, -0.05) is 51.3 Å². The molecule has 0 saturated carbocycles. The van der Waals surface area contributed by atoms with E-state index in [2.05, 4.69) is 15.9 Å². The highest BCUT2D eigenvalue weighted by molar-refractivity contribution is 9.10. The molecule has 106 valence electrons. The van der Waals surface area contributed by atoms with Gasteiger partial charge in [0.25, 0.3) is 0 Å². The Kier molecular flexibility index (Phi) is 4.75. The first-order chi connectivity index (χ1) is 9.29. The van der Waals surface area contributed by atoms with Gasteiger partial charge in [-0.2, -0.15) is 0 Å². The molecule has 0 spiro atoms. The standard InChI is InChI=1S/C15H12BrCl2FO/c1-15(20,8-9-3-2-4-10(16)5-9)11-6-14(19)13(18)7-12(11)17/h2-7,20H,8H2,1H3. The molecule has 0 aliphatic carbocycles. The van der Waals surface area contributed by atoms with E-state index in [9.17, 15) is 9.50 Å². The molecular formula is C15H12BrCl2FO. The van der Waals surface area contributed by atoms with Gasteiger partial charge in [-0.05, 0) is 36.8 Å². The van der Waals surface area contributed by atoms with Crippen LogP contribution in [0.5, 0.6) is 0 Å². The molecule has 1 unspecified atom stereocenters. The summed E-state index contributed by atoms with van der Waals surface area (Å²) in [5.41, 5.74) is -0.0552. The summed E-state index contributed by atoms with van der Waals surface area (Å²) in [5, 5.41) is 10.8. The van der Waals surface area contributed by atoms with Crippen LogP contribution in [0.25, 0.3) is 0 Å². The fourth-order valence-corrected chi connectivity index (χ4v) is 3.11.